The van der Waals surface area contributed by atoms with Crippen molar-refractivity contribution in [2.45, 2.75) is 32.3 Å². The van der Waals surface area contributed by atoms with Gasteiger partial charge in [0.1, 0.15) is 5.60 Å². The van der Waals surface area contributed by atoms with Crippen molar-refractivity contribution in [3.63, 3.8) is 0 Å². The highest BCUT2D eigenvalue weighted by Crippen LogP contribution is 2.68. The van der Waals surface area contributed by atoms with Gasteiger partial charge in [-0.25, -0.2) is 0 Å². The van der Waals surface area contributed by atoms with Crippen molar-refractivity contribution in [1.82, 2.24) is 0 Å². The summed E-state index contributed by atoms with van der Waals surface area (Å²) < 4.78 is 5.51. The lowest BCUT2D eigenvalue weighted by Gasteiger charge is -2.12. The molecule has 0 unspecified atom stereocenters. The number of carbonyl (C=O) groups excluding carboxylic acids is 1. The first kappa shape index (κ1) is 10.6. The van der Waals surface area contributed by atoms with E-state index in [1.165, 1.54) is 18.1 Å². The molecule has 3 rings (SSSR count). The molecule has 2 nitrogen and oxygen atoms in total. The Balaban J connectivity index is 1.92. The summed E-state index contributed by atoms with van der Waals surface area (Å²) in [6.45, 7) is 3.68. The van der Waals surface area contributed by atoms with Gasteiger partial charge in [-0.15, -0.1) is 0 Å². The second-order valence-electron chi connectivity index (χ2n) is 5.43. The Morgan fingerprint density at radius 2 is 2.00 bits per heavy atom. The van der Waals surface area contributed by atoms with Crippen molar-refractivity contribution < 1.29 is 9.53 Å². The maximum absolute atomic E-state index is 11.2. The van der Waals surface area contributed by atoms with Gasteiger partial charge in [-0.3, -0.25) is 4.79 Å². The van der Waals surface area contributed by atoms with Gasteiger partial charge in [0.15, 0.2) is 0 Å². The summed E-state index contributed by atoms with van der Waals surface area (Å²) in [5.41, 5.74) is 2.36. The molecule has 1 saturated carbocycles. The molecule has 0 aliphatic heterocycles. The fourth-order valence-corrected chi connectivity index (χ4v) is 3.01. The third kappa shape index (κ3) is 1.51. The maximum atomic E-state index is 11.2. The molecule has 2 atom stereocenters. The van der Waals surface area contributed by atoms with Gasteiger partial charge in [0, 0.05) is 18.8 Å². The van der Waals surface area contributed by atoms with Gasteiger partial charge < -0.3 is 4.74 Å². The van der Waals surface area contributed by atoms with E-state index in [-0.39, 0.29) is 17.0 Å². The zero-order valence-corrected chi connectivity index (χ0v) is 10.2. The average molecular weight is 228 g/mol. The van der Waals surface area contributed by atoms with Crippen LogP contribution in [0.1, 0.15) is 32.3 Å². The molecule has 2 aliphatic carbocycles. The van der Waals surface area contributed by atoms with Gasteiger partial charge in [-0.05, 0) is 23.6 Å². The lowest BCUT2D eigenvalue weighted by Crippen LogP contribution is -2.19. The Bertz CT molecular complexity index is 503. The van der Waals surface area contributed by atoms with E-state index in [0.717, 1.165) is 12.8 Å². The van der Waals surface area contributed by atoms with Crippen LogP contribution in [0.4, 0.5) is 0 Å². The Morgan fingerprint density at radius 1 is 1.29 bits per heavy atom. The normalized spacial score (nSPS) is 33.9. The van der Waals surface area contributed by atoms with Crippen molar-refractivity contribution in [3.8, 4) is 0 Å². The Hall–Kier alpha value is -1.57. The number of fused-ring (bicyclic) bond motifs is 1. The van der Waals surface area contributed by atoms with Gasteiger partial charge >= 0.3 is 5.97 Å². The van der Waals surface area contributed by atoms with Crippen LogP contribution >= 0.6 is 0 Å². The minimum Gasteiger partial charge on any atom is -0.454 e. The van der Waals surface area contributed by atoms with Crippen LogP contribution in [0.3, 0.4) is 0 Å². The quantitative estimate of drug-likeness (QED) is 0.727. The van der Waals surface area contributed by atoms with Crippen molar-refractivity contribution in [3.05, 3.63) is 42.0 Å². The first-order valence-electron chi connectivity index (χ1n) is 6.01. The Kier molecular flexibility index (Phi) is 2.00. The summed E-state index contributed by atoms with van der Waals surface area (Å²) >= 11 is 0. The molecule has 0 amide bonds. The van der Waals surface area contributed by atoms with Gasteiger partial charge in [0.25, 0.3) is 0 Å². The second-order valence-corrected chi connectivity index (χ2v) is 5.43. The van der Waals surface area contributed by atoms with Gasteiger partial charge in [-0.1, -0.05) is 37.3 Å². The fourth-order valence-electron chi connectivity index (χ4n) is 3.01. The predicted octanol–water partition coefficient (Wildman–Crippen LogP) is 3.19. The summed E-state index contributed by atoms with van der Waals surface area (Å²) in [7, 11) is 0. The molecule has 0 spiro atoms. The highest BCUT2D eigenvalue weighted by molar-refractivity contribution is 5.76. The molecule has 0 heterocycles. The molecule has 1 aromatic carbocycles. The highest BCUT2D eigenvalue weighted by Gasteiger charge is 2.69. The number of ether oxygens (including phenoxy) is 1. The maximum Gasteiger partial charge on any atom is 0.303 e. The number of rotatable bonds is 2. The molecule has 0 saturated heterocycles. The molecule has 1 fully saturated rings. The fraction of sp³-hybridized carbons (Fsp3) is 0.400. The first-order chi connectivity index (χ1) is 8.05. The van der Waals surface area contributed by atoms with Crippen LogP contribution in [0.25, 0.3) is 5.57 Å². The molecule has 2 heteroatoms. The molecular formula is C15H16O2. The molecule has 2 aliphatic rings. The number of hydrogen-bond acceptors (Lipinski definition) is 2. The van der Waals surface area contributed by atoms with E-state index in [4.69, 9.17) is 4.74 Å². The topological polar surface area (TPSA) is 26.3 Å². The number of esters is 1. The van der Waals surface area contributed by atoms with Crippen molar-refractivity contribution in [1.29, 1.82) is 0 Å². The largest absolute Gasteiger partial charge is 0.454 e. The van der Waals surface area contributed by atoms with Gasteiger partial charge in [0.2, 0.25) is 0 Å². The van der Waals surface area contributed by atoms with E-state index in [1.807, 2.05) is 18.2 Å². The van der Waals surface area contributed by atoms with E-state index in [0.29, 0.717) is 0 Å². The van der Waals surface area contributed by atoms with Crippen LogP contribution in [-0.4, -0.2) is 11.6 Å². The average Bonchev–Trinajstić information content (AvgIpc) is 2.71. The number of hydrogen-bond donors (Lipinski definition) is 0. The smallest absolute Gasteiger partial charge is 0.303 e. The third-order valence-electron chi connectivity index (χ3n) is 4.01. The zero-order chi connectivity index (χ0) is 12.1. The third-order valence-corrected chi connectivity index (χ3v) is 4.01. The lowest BCUT2D eigenvalue weighted by molar-refractivity contribution is -0.147. The van der Waals surface area contributed by atoms with E-state index in [9.17, 15) is 4.79 Å². The van der Waals surface area contributed by atoms with E-state index in [2.05, 4.69) is 25.1 Å². The standard InChI is InChI=1S/C15H16O2/c1-11(16)17-15-9-13(8-14(15,2)10-15)12-6-4-3-5-7-12/h3-7,9H,8,10H2,1-2H3/t14-,15-/m0/s1. The summed E-state index contributed by atoms with van der Waals surface area (Å²) in [4.78, 5) is 11.2. The van der Waals surface area contributed by atoms with E-state index >= 15 is 0 Å². The first-order valence-corrected chi connectivity index (χ1v) is 6.01. The van der Waals surface area contributed by atoms with Gasteiger partial charge in [0.05, 0.1) is 0 Å². The molecule has 88 valence electrons. The van der Waals surface area contributed by atoms with E-state index in [1.54, 1.807) is 0 Å². The summed E-state index contributed by atoms with van der Waals surface area (Å²) in [5, 5.41) is 0. The highest BCUT2D eigenvalue weighted by atomic mass is 16.6. The minimum atomic E-state index is -0.315. The van der Waals surface area contributed by atoms with Crippen LogP contribution in [0.5, 0.6) is 0 Å². The van der Waals surface area contributed by atoms with E-state index < -0.39 is 0 Å². The van der Waals surface area contributed by atoms with Gasteiger partial charge in [-0.2, -0.15) is 0 Å². The molecular weight excluding hydrogens is 212 g/mol. The van der Waals surface area contributed by atoms with Crippen molar-refractivity contribution >= 4 is 11.5 Å². The molecule has 1 aromatic rings. The Morgan fingerprint density at radius 3 is 2.65 bits per heavy atom. The van der Waals surface area contributed by atoms with Crippen LogP contribution < -0.4 is 0 Å². The van der Waals surface area contributed by atoms with Crippen LogP contribution in [0.15, 0.2) is 36.4 Å². The predicted molar refractivity (Wildman–Crippen MR) is 66.3 cm³/mol. The van der Waals surface area contributed by atoms with Crippen molar-refractivity contribution in [2.24, 2.45) is 5.41 Å². The van der Waals surface area contributed by atoms with Crippen molar-refractivity contribution in [2.75, 3.05) is 0 Å². The summed E-state index contributed by atoms with van der Waals surface area (Å²) in [6.07, 6.45) is 4.13. The molecule has 0 N–H and O–H groups in total. The number of benzene rings is 1. The SMILES string of the molecule is CC(=O)O[C@]12C=C(c3ccccc3)C[C@@]1(C)C2. The minimum absolute atomic E-state index is 0.129. The summed E-state index contributed by atoms with van der Waals surface area (Å²) in [5.74, 6) is -0.181. The zero-order valence-electron chi connectivity index (χ0n) is 10.2. The monoisotopic (exact) mass is 228 g/mol. The second kappa shape index (κ2) is 3.22. The Labute approximate surface area is 101 Å². The molecule has 0 radical (unpaired) electrons. The number of allylic oxidation sites excluding steroid dienone is 1. The molecule has 0 bridgehead atoms. The summed E-state index contributed by atoms with van der Waals surface area (Å²) in [6, 6.07) is 10.3. The molecule has 17 heavy (non-hydrogen) atoms. The van der Waals surface area contributed by atoms with Crippen LogP contribution in [0.2, 0.25) is 0 Å². The van der Waals surface area contributed by atoms with Crippen LogP contribution in [0, 0.1) is 5.41 Å². The van der Waals surface area contributed by atoms with Crippen LogP contribution in [-0.2, 0) is 9.53 Å². The number of carbonyl (C=O) groups is 1. The molecule has 0 aromatic heterocycles. The lowest BCUT2D eigenvalue weighted by atomic mass is 9.98.